The van der Waals surface area contributed by atoms with Gasteiger partial charge in [0.15, 0.2) is 5.78 Å². The summed E-state index contributed by atoms with van der Waals surface area (Å²) in [5.74, 6) is -1.37. The molecular weight excluding hydrogens is 416 g/mol. The van der Waals surface area contributed by atoms with Gasteiger partial charge in [-0.1, -0.05) is 24.3 Å². The quantitative estimate of drug-likeness (QED) is 0.282. The maximum Gasteiger partial charge on any atom is 0.309 e. The molecule has 0 radical (unpaired) electrons. The van der Waals surface area contributed by atoms with Crippen LogP contribution >= 0.6 is 0 Å². The van der Waals surface area contributed by atoms with E-state index in [9.17, 15) is 29.8 Å². The number of nitro groups is 2. The summed E-state index contributed by atoms with van der Waals surface area (Å²) in [5.41, 5.74) is 1.32. The Morgan fingerprint density at radius 2 is 1.44 bits per heavy atom. The van der Waals surface area contributed by atoms with Gasteiger partial charge in [0.1, 0.15) is 0 Å². The number of nitro benzene ring substituents is 2. The lowest BCUT2D eigenvalue weighted by Crippen LogP contribution is -2.27. The van der Waals surface area contributed by atoms with Crippen molar-refractivity contribution < 1.29 is 24.2 Å². The second-order valence-corrected chi connectivity index (χ2v) is 7.23. The highest BCUT2D eigenvalue weighted by molar-refractivity contribution is 6.14. The Morgan fingerprint density at radius 1 is 0.969 bits per heavy atom. The molecule has 1 aliphatic carbocycles. The molecular formula is C23H20N2O7. The zero-order chi connectivity index (χ0) is 23.3. The molecule has 0 atom stereocenters. The van der Waals surface area contributed by atoms with Gasteiger partial charge in [-0.15, -0.1) is 0 Å². The van der Waals surface area contributed by atoms with Gasteiger partial charge in [0, 0.05) is 35.4 Å². The van der Waals surface area contributed by atoms with E-state index in [1.54, 1.807) is 19.1 Å². The number of benzene rings is 2. The highest BCUT2D eigenvalue weighted by atomic mass is 16.6. The fraction of sp³-hybridized carbons (Fsp3) is 0.217. The summed E-state index contributed by atoms with van der Waals surface area (Å²) in [6.07, 6.45) is 3.32. The number of Topliss-reactive ketones (excluding diaryl/α,β-unsaturated/α-hetero) is 1. The molecule has 2 aromatic carbocycles. The molecule has 164 valence electrons. The topological polar surface area (TPSA) is 130 Å². The molecule has 1 aliphatic rings. The fourth-order valence-electron chi connectivity index (χ4n) is 3.53. The Morgan fingerprint density at radius 3 is 1.84 bits per heavy atom. The van der Waals surface area contributed by atoms with Crippen LogP contribution in [0.15, 0.2) is 59.7 Å². The van der Waals surface area contributed by atoms with Gasteiger partial charge in [-0.2, -0.15) is 0 Å². The third kappa shape index (κ3) is 5.31. The average Bonchev–Trinajstić information content (AvgIpc) is 2.77. The molecule has 0 spiro atoms. The molecule has 2 aromatic rings. The highest BCUT2D eigenvalue weighted by Gasteiger charge is 2.33. The maximum atomic E-state index is 13.1. The molecule has 0 saturated heterocycles. The standard InChI is InChI=1S/C23H20N2O7/c1-2-32-23(27)19-13-17(9-15-5-3-7-20(11-15)24(28)29)22(26)18(14-19)10-16-6-4-8-21(12-16)25(30)31/h3-12,19H,2,13-14H2,1H3/b17-9-,18-10-. The first kappa shape index (κ1) is 22.5. The van der Waals surface area contributed by atoms with Gasteiger partial charge in [0.25, 0.3) is 11.4 Å². The number of allylic oxidation sites excluding steroid dienone is 2. The zero-order valence-electron chi connectivity index (χ0n) is 17.2. The number of carbonyl (C=O) groups excluding carboxylic acids is 2. The smallest absolute Gasteiger partial charge is 0.309 e. The molecule has 3 rings (SSSR count). The van der Waals surface area contributed by atoms with E-state index in [4.69, 9.17) is 4.74 Å². The van der Waals surface area contributed by atoms with E-state index in [1.165, 1.54) is 48.6 Å². The third-order valence-electron chi connectivity index (χ3n) is 4.98. The lowest BCUT2D eigenvalue weighted by atomic mass is 9.79. The van der Waals surface area contributed by atoms with Gasteiger partial charge in [-0.3, -0.25) is 29.8 Å². The van der Waals surface area contributed by atoms with Crippen LogP contribution in [0.3, 0.4) is 0 Å². The Kier molecular flexibility index (Phi) is 6.89. The number of non-ortho nitro benzene ring substituents is 2. The number of ketones is 1. The van der Waals surface area contributed by atoms with Crippen molar-refractivity contribution in [1.29, 1.82) is 0 Å². The molecule has 0 amide bonds. The van der Waals surface area contributed by atoms with Gasteiger partial charge >= 0.3 is 5.97 Å². The van der Waals surface area contributed by atoms with Crippen LogP contribution in [-0.4, -0.2) is 28.2 Å². The summed E-state index contributed by atoms with van der Waals surface area (Å²) in [5, 5.41) is 22.1. The molecule has 1 saturated carbocycles. The Hall–Kier alpha value is -4.14. The minimum absolute atomic E-state index is 0.114. The van der Waals surface area contributed by atoms with Crippen molar-refractivity contribution in [3.8, 4) is 0 Å². The average molecular weight is 436 g/mol. The summed E-state index contributed by atoms with van der Waals surface area (Å²) >= 11 is 0. The number of rotatable bonds is 6. The SMILES string of the molecule is CCOC(=O)C1C/C(=C/c2cccc([N+](=O)[O-])c2)C(=O)/C(=C\c2cccc([N+](=O)[O-])c2)C1. The number of nitrogens with zero attached hydrogens (tertiary/aromatic N) is 2. The van der Waals surface area contributed by atoms with E-state index < -0.39 is 21.7 Å². The molecule has 0 aliphatic heterocycles. The van der Waals surface area contributed by atoms with Crippen LogP contribution in [0.5, 0.6) is 0 Å². The monoisotopic (exact) mass is 436 g/mol. The minimum Gasteiger partial charge on any atom is -0.466 e. The van der Waals surface area contributed by atoms with E-state index in [1.807, 2.05) is 0 Å². The molecule has 1 fully saturated rings. The van der Waals surface area contributed by atoms with E-state index in [0.29, 0.717) is 22.3 Å². The van der Waals surface area contributed by atoms with Crippen molar-refractivity contribution in [2.45, 2.75) is 19.8 Å². The molecule has 0 bridgehead atoms. The largest absolute Gasteiger partial charge is 0.466 e. The van der Waals surface area contributed by atoms with Crippen molar-refractivity contribution >= 4 is 35.3 Å². The van der Waals surface area contributed by atoms with Crippen LogP contribution in [0.25, 0.3) is 12.2 Å². The Balaban J connectivity index is 2.02. The first-order valence-corrected chi connectivity index (χ1v) is 9.90. The van der Waals surface area contributed by atoms with Crippen molar-refractivity contribution in [2.24, 2.45) is 5.92 Å². The van der Waals surface area contributed by atoms with Gasteiger partial charge in [-0.25, -0.2) is 0 Å². The minimum atomic E-state index is -0.609. The van der Waals surface area contributed by atoms with Crippen molar-refractivity contribution in [1.82, 2.24) is 0 Å². The number of carbonyl (C=O) groups is 2. The normalized spacial score (nSPS) is 18.5. The predicted octanol–water partition coefficient (Wildman–Crippen LogP) is 4.51. The predicted molar refractivity (Wildman–Crippen MR) is 117 cm³/mol. The summed E-state index contributed by atoms with van der Waals surface area (Å²) in [6, 6.07) is 11.7. The molecule has 32 heavy (non-hydrogen) atoms. The van der Waals surface area contributed by atoms with Crippen molar-refractivity contribution in [3.63, 3.8) is 0 Å². The second-order valence-electron chi connectivity index (χ2n) is 7.23. The van der Waals surface area contributed by atoms with Crippen LogP contribution in [0.2, 0.25) is 0 Å². The van der Waals surface area contributed by atoms with E-state index in [2.05, 4.69) is 0 Å². The van der Waals surface area contributed by atoms with Crippen LogP contribution in [-0.2, 0) is 14.3 Å². The van der Waals surface area contributed by atoms with Crippen molar-refractivity contribution in [2.75, 3.05) is 6.61 Å². The molecule has 0 aromatic heterocycles. The van der Waals surface area contributed by atoms with Crippen LogP contribution < -0.4 is 0 Å². The van der Waals surface area contributed by atoms with Gasteiger partial charge < -0.3 is 4.74 Å². The lowest BCUT2D eigenvalue weighted by molar-refractivity contribution is -0.385. The third-order valence-corrected chi connectivity index (χ3v) is 4.98. The number of esters is 1. The Labute approximate surface area is 183 Å². The van der Waals surface area contributed by atoms with Gasteiger partial charge in [0.05, 0.1) is 22.4 Å². The molecule has 9 heteroatoms. The van der Waals surface area contributed by atoms with Crippen LogP contribution in [0.4, 0.5) is 11.4 Å². The number of hydrogen-bond donors (Lipinski definition) is 0. The molecule has 0 heterocycles. The first-order chi connectivity index (χ1) is 15.3. The number of hydrogen-bond acceptors (Lipinski definition) is 7. The molecule has 0 N–H and O–H groups in total. The van der Waals surface area contributed by atoms with Crippen LogP contribution in [0.1, 0.15) is 30.9 Å². The van der Waals surface area contributed by atoms with E-state index in [-0.39, 0.29) is 36.6 Å². The summed E-state index contributed by atoms with van der Waals surface area (Å²) < 4.78 is 5.13. The van der Waals surface area contributed by atoms with E-state index in [0.717, 1.165) is 0 Å². The first-order valence-electron chi connectivity index (χ1n) is 9.90. The summed E-state index contributed by atoms with van der Waals surface area (Å²) in [4.78, 5) is 46.6. The highest BCUT2D eigenvalue weighted by Crippen LogP contribution is 2.34. The number of ether oxygens (including phenoxy) is 1. The van der Waals surface area contributed by atoms with E-state index >= 15 is 0 Å². The van der Waals surface area contributed by atoms with Crippen molar-refractivity contribution in [3.05, 3.63) is 91.0 Å². The second kappa shape index (κ2) is 9.78. The summed E-state index contributed by atoms with van der Waals surface area (Å²) in [6.45, 7) is 1.88. The van der Waals surface area contributed by atoms with Gasteiger partial charge in [-0.05, 0) is 43.0 Å². The molecule has 0 unspecified atom stereocenters. The lowest BCUT2D eigenvalue weighted by Gasteiger charge is -2.24. The van der Waals surface area contributed by atoms with Crippen LogP contribution in [0, 0.1) is 26.1 Å². The fourth-order valence-corrected chi connectivity index (χ4v) is 3.53. The summed E-state index contributed by atoms with van der Waals surface area (Å²) in [7, 11) is 0. The Bertz CT molecular complexity index is 1070. The molecule has 9 nitrogen and oxygen atoms in total. The maximum absolute atomic E-state index is 13.1. The zero-order valence-corrected chi connectivity index (χ0v) is 17.2. The van der Waals surface area contributed by atoms with Gasteiger partial charge in [0.2, 0.25) is 0 Å².